The van der Waals surface area contributed by atoms with Crippen LogP contribution >= 0.6 is 22.9 Å². The Morgan fingerprint density at radius 1 is 1.24 bits per heavy atom. The number of thiophene rings is 1. The smallest absolute Gasteiger partial charge is 0.333 e. The first-order chi connectivity index (χ1) is 17.7. The number of ketones is 1. The number of aliphatic hydroxyl groups excluding tert-OH is 1. The number of carbonyl (C=O) groups excluding carboxylic acids is 1. The summed E-state index contributed by atoms with van der Waals surface area (Å²) in [7, 11) is -4.46. The molecule has 1 aliphatic carbocycles. The highest BCUT2D eigenvalue weighted by molar-refractivity contribution is 7.83. The van der Waals surface area contributed by atoms with Crippen molar-refractivity contribution in [2.75, 3.05) is 11.9 Å². The van der Waals surface area contributed by atoms with Gasteiger partial charge in [0.1, 0.15) is 18.2 Å². The second-order valence-electron chi connectivity index (χ2n) is 9.14. The highest BCUT2D eigenvalue weighted by Gasteiger charge is 2.36. The summed E-state index contributed by atoms with van der Waals surface area (Å²) in [5.74, 6) is 0.00736. The van der Waals surface area contributed by atoms with Crippen LogP contribution < -0.4 is 10.0 Å². The molecule has 37 heavy (non-hydrogen) atoms. The van der Waals surface area contributed by atoms with E-state index in [0.717, 1.165) is 24.0 Å². The largest absolute Gasteiger partial charge is 0.391 e. The number of nitrogens with zero attached hydrogens (tertiary/aromatic N) is 2. The van der Waals surface area contributed by atoms with Crippen LogP contribution in [0.3, 0.4) is 0 Å². The van der Waals surface area contributed by atoms with Crippen molar-refractivity contribution in [2.45, 2.75) is 50.0 Å². The zero-order valence-corrected chi connectivity index (χ0v) is 21.9. The average molecular weight is 565 g/mol. The molecule has 1 aromatic carbocycles. The zero-order chi connectivity index (χ0) is 26.2. The third-order valence-electron chi connectivity index (χ3n) is 6.54. The fourth-order valence-corrected chi connectivity index (χ4v) is 6.55. The van der Waals surface area contributed by atoms with Gasteiger partial charge in [-0.25, -0.2) is 9.97 Å². The summed E-state index contributed by atoms with van der Waals surface area (Å²) in [6.45, 7) is 0.595. The van der Waals surface area contributed by atoms with Gasteiger partial charge in [0, 0.05) is 23.9 Å². The summed E-state index contributed by atoms with van der Waals surface area (Å²) in [5, 5.41) is 15.9. The van der Waals surface area contributed by atoms with Gasteiger partial charge in [0.2, 0.25) is 5.78 Å². The molecule has 0 amide bonds. The van der Waals surface area contributed by atoms with Crippen LogP contribution in [0, 0.1) is 0 Å². The van der Waals surface area contributed by atoms with E-state index < -0.39 is 22.4 Å². The third-order valence-corrected chi connectivity index (χ3v) is 8.32. The Morgan fingerprint density at radius 3 is 2.89 bits per heavy atom. The lowest BCUT2D eigenvalue weighted by atomic mass is 9.96. The average Bonchev–Trinajstić information content (AvgIpc) is 3.39. The Balaban J connectivity index is 1.36. The highest BCUT2D eigenvalue weighted by atomic mass is 35.5. The lowest BCUT2D eigenvalue weighted by Gasteiger charge is -2.17. The molecule has 2 aliphatic rings. The van der Waals surface area contributed by atoms with Gasteiger partial charge in [-0.05, 0) is 66.0 Å². The molecule has 4 atom stereocenters. The van der Waals surface area contributed by atoms with Crippen molar-refractivity contribution in [3.63, 3.8) is 0 Å². The van der Waals surface area contributed by atoms with E-state index in [2.05, 4.69) is 15.3 Å². The fourth-order valence-electron chi connectivity index (χ4n) is 4.86. The van der Waals surface area contributed by atoms with E-state index in [9.17, 15) is 18.3 Å². The molecule has 0 bridgehead atoms. The number of anilines is 1. The minimum absolute atomic E-state index is 0.197. The van der Waals surface area contributed by atoms with E-state index in [-0.39, 0.29) is 42.2 Å². The number of hydrogen-bond donors (Lipinski definition) is 4. The van der Waals surface area contributed by atoms with Crippen molar-refractivity contribution in [2.24, 2.45) is 0 Å². The predicted molar refractivity (Wildman–Crippen MR) is 138 cm³/mol. The molecule has 0 spiro atoms. The van der Waals surface area contributed by atoms with Crippen LogP contribution in [0.2, 0.25) is 5.02 Å². The van der Waals surface area contributed by atoms with Crippen molar-refractivity contribution in [3.05, 3.63) is 74.3 Å². The number of halogens is 1. The van der Waals surface area contributed by atoms with Gasteiger partial charge < -0.3 is 15.2 Å². The normalized spacial score (nSPS) is 23.9. The Labute approximate surface area is 222 Å². The Hall–Kier alpha value is -2.45. The van der Waals surface area contributed by atoms with Crippen molar-refractivity contribution in [3.8, 4) is 0 Å². The highest BCUT2D eigenvalue weighted by Crippen LogP contribution is 2.36. The second-order valence-corrected chi connectivity index (χ2v) is 11.7. The minimum Gasteiger partial charge on any atom is -0.391 e. The number of aromatic nitrogens is 2. The number of nitrogens with one attached hydrogen (secondary N) is 2. The molecule has 1 aliphatic heterocycles. The number of aryl methyl sites for hydroxylation is 1. The summed E-state index contributed by atoms with van der Waals surface area (Å²) in [4.78, 5) is 22.2. The summed E-state index contributed by atoms with van der Waals surface area (Å²) in [6, 6.07) is 6.39. The van der Waals surface area contributed by atoms with Crippen LogP contribution in [-0.2, 0) is 21.5 Å². The number of benzene rings is 1. The zero-order valence-electron chi connectivity index (χ0n) is 19.5. The van der Waals surface area contributed by atoms with Crippen molar-refractivity contribution in [1.82, 2.24) is 14.7 Å². The van der Waals surface area contributed by atoms with Crippen molar-refractivity contribution in [1.29, 1.82) is 0 Å². The maximum atomic E-state index is 13.5. The molecule has 196 valence electrons. The van der Waals surface area contributed by atoms with Crippen LogP contribution in [0.15, 0.2) is 42.2 Å². The molecule has 1 fully saturated rings. The Bertz CT molecular complexity index is 1420. The lowest BCUT2D eigenvalue weighted by molar-refractivity contribution is 0.0844. The van der Waals surface area contributed by atoms with Gasteiger partial charge in [-0.1, -0.05) is 17.7 Å². The van der Waals surface area contributed by atoms with Crippen LogP contribution in [0.4, 0.5) is 5.82 Å². The number of rotatable bonds is 7. The number of fused-ring (bicyclic) bond motifs is 1. The van der Waals surface area contributed by atoms with Gasteiger partial charge in [0.05, 0.1) is 22.6 Å². The van der Waals surface area contributed by atoms with Crippen LogP contribution in [0.5, 0.6) is 0 Å². The fraction of sp³-hybridized carbons (Fsp3) is 0.375. The van der Waals surface area contributed by atoms with Gasteiger partial charge in [0.15, 0.2) is 0 Å². The summed E-state index contributed by atoms with van der Waals surface area (Å²) in [6.07, 6.45) is 3.59. The van der Waals surface area contributed by atoms with Crippen LogP contribution in [-0.4, -0.2) is 58.6 Å². The molecule has 0 saturated heterocycles. The van der Waals surface area contributed by atoms with E-state index in [0.29, 0.717) is 16.5 Å². The van der Waals surface area contributed by atoms with Gasteiger partial charge >= 0.3 is 10.3 Å². The van der Waals surface area contributed by atoms with E-state index in [1.165, 1.54) is 29.4 Å². The third kappa shape index (κ3) is 6.01. The molecule has 3 heterocycles. The summed E-state index contributed by atoms with van der Waals surface area (Å²) >= 11 is 7.57. The van der Waals surface area contributed by atoms with Gasteiger partial charge in [-0.3, -0.25) is 9.35 Å². The monoisotopic (exact) mass is 564 g/mol. The first-order valence-corrected chi connectivity index (χ1v) is 14.4. The second kappa shape index (κ2) is 10.7. The maximum absolute atomic E-state index is 13.5. The van der Waals surface area contributed by atoms with Gasteiger partial charge in [0.25, 0.3) is 0 Å². The first-order valence-electron chi connectivity index (χ1n) is 11.7. The molecule has 5 rings (SSSR count). The quantitative estimate of drug-likeness (QED) is 0.250. The molecule has 1 saturated carbocycles. The molecule has 2 aromatic heterocycles. The van der Waals surface area contributed by atoms with Gasteiger partial charge in [-0.15, -0.1) is 11.3 Å². The van der Waals surface area contributed by atoms with Crippen LogP contribution in [0.25, 0.3) is 0 Å². The Kier molecular flexibility index (Phi) is 7.59. The molecule has 10 nitrogen and oxygen atoms in total. The molecule has 0 radical (unpaired) electrons. The number of hydrogen-bond acceptors (Lipinski definition) is 9. The van der Waals surface area contributed by atoms with E-state index >= 15 is 0 Å². The maximum Gasteiger partial charge on any atom is 0.333 e. The standard InChI is InChI=1S/C24H25ClN4O6S2/c25-15-4-3-13-2-1-5-35-23(17(13)7-15)14-6-21(36-11-14)22(31)18-10-26-12-27-24(18)28-16-8-19(20(30)9-16)29-37(32,33)34/h3-4,6-7,10-12,16,19-20,23,29-30H,1-2,5,8-9H2,(H,26,27,28)(H,32,33,34)/t16-,19?,20+,23+/m1/s1. The Morgan fingerprint density at radius 2 is 2.08 bits per heavy atom. The first kappa shape index (κ1) is 26.2. The van der Waals surface area contributed by atoms with E-state index in [1.807, 2.05) is 34.4 Å². The van der Waals surface area contributed by atoms with E-state index in [1.54, 1.807) is 0 Å². The van der Waals surface area contributed by atoms with Crippen LogP contribution in [0.1, 0.15) is 57.3 Å². The van der Waals surface area contributed by atoms with E-state index in [4.69, 9.17) is 20.9 Å². The molecule has 13 heteroatoms. The molecule has 1 unspecified atom stereocenters. The number of aliphatic hydroxyl groups is 1. The molecule has 4 N–H and O–H groups in total. The summed E-state index contributed by atoms with van der Waals surface area (Å²) < 4.78 is 39.5. The van der Waals surface area contributed by atoms with Crippen molar-refractivity contribution < 1.29 is 27.6 Å². The molecule has 3 aromatic rings. The minimum atomic E-state index is -4.46. The lowest BCUT2D eigenvalue weighted by Crippen LogP contribution is -2.39. The topological polar surface area (TPSA) is 151 Å². The van der Waals surface area contributed by atoms with Gasteiger partial charge in [-0.2, -0.15) is 13.1 Å². The predicted octanol–water partition coefficient (Wildman–Crippen LogP) is 3.17. The van der Waals surface area contributed by atoms with Crippen molar-refractivity contribution >= 4 is 44.8 Å². The SMILES string of the molecule is O=C(c1cc([C@@H]2OCCCc3ccc(Cl)cc32)cs1)c1cncnc1N[C@@H]1CC(NS(=O)(=O)O)[C@@H](O)C1. The number of carbonyl (C=O) groups is 1. The molecular weight excluding hydrogens is 540 g/mol. The number of ether oxygens (including phenoxy) is 1. The summed E-state index contributed by atoms with van der Waals surface area (Å²) in [5.41, 5.74) is 3.29. The molecular formula is C24H25ClN4O6S2.